The maximum atomic E-state index is 9.41. The third-order valence-corrected chi connectivity index (χ3v) is 4.46. The van der Waals surface area contributed by atoms with Crippen LogP contribution in [0.3, 0.4) is 0 Å². The second kappa shape index (κ2) is 3.55. The van der Waals surface area contributed by atoms with Crippen LogP contribution in [0.25, 0.3) is 0 Å². The normalized spacial score (nSPS) is 34.9. The number of aliphatic hydroxyl groups is 1. The number of fused-ring (bicyclic) bond motifs is 2. The fourth-order valence-corrected chi connectivity index (χ4v) is 3.16. The van der Waals surface area contributed by atoms with Gasteiger partial charge in [-0.1, -0.05) is 0 Å². The Morgan fingerprint density at radius 2 is 2.37 bits per heavy atom. The van der Waals surface area contributed by atoms with Gasteiger partial charge in [-0.25, -0.2) is 0 Å². The highest BCUT2D eigenvalue weighted by Crippen LogP contribution is 2.44. The Hall–Kier alpha value is -1.46. The molecule has 2 fully saturated rings. The molecule has 2 unspecified atom stereocenters. The summed E-state index contributed by atoms with van der Waals surface area (Å²) < 4.78 is 11.3. The zero-order valence-corrected chi connectivity index (χ0v) is 10.9. The smallest absolute Gasteiger partial charge is 0.133 e. The Bertz CT molecular complexity index is 548. The number of hydrogen-bond donors (Lipinski definition) is 2. The topological polar surface area (TPSA) is 68.0 Å². The molecular weight excluding hydrogens is 244 g/mol. The molecule has 3 aliphatic heterocycles. The van der Waals surface area contributed by atoms with Crippen LogP contribution < -0.4 is 15.4 Å². The van der Waals surface area contributed by atoms with Gasteiger partial charge in [-0.05, 0) is 13.0 Å². The second-order valence-electron chi connectivity index (χ2n) is 6.00. The van der Waals surface area contributed by atoms with Crippen molar-refractivity contribution in [2.75, 3.05) is 30.4 Å². The van der Waals surface area contributed by atoms with Gasteiger partial charge in [0.2, 0.25) is 0 Å². The summed E-state index contributed by atoms with van der Waals surface area (Å²) in [6.07, 6.45) is 1.09. The molecule has 3 heterocycles. The fraction of sp³-hybridized carbons (Fsp3) is 0.571. The number of nitrogen functional groups attached to an aromatic ring is 1. The van der Waals surface area contributed by atoms with Gasteiger partial charge in [0, 0.05) is 24.6 Å². The Balaban J connectivity index is 1.66. The van der Waals surface area contributed by atoms with Crippen molar-refractivity contribution in [3.63, 3.8) is 0 Å². The number of ether oxygens (including phenoxy) is 2. The van der Waals surface area contributed by atoms with Crippen LogP contribution in [0.2, 0.25) is 0 Å². The minimum atomic E-state index is -0.509. The molecule has 0 radical (unpaired) electrons. The Morgan fingerprint density at radius 3 is 2.95 bits per heavy atom. The molecule has 102 valence electrons. The molecule has 5 nitrogen and oxygen atoms in total. The van der Waals surface area contributed by atoms with Gasteiger partial charge in [-0.15, -0.1) is 0 Å². The maximum absolute atomic E-state index is 9.41. The molecule has 2 saturated heterocycles. The van der Waals surface area contributed by atoms with Crippen LogP contribution in [-0.2, 0) is 11.2 Å². The summed E-state index contributed by atoms with van der Waals surface area (Å²) in [6, 6.07) is 4.48. The van der Waals surface area contributed by atoms with E-state index in [0.29, 0.717) is 18.6 Å². The first kappa shape index (κ1) is 11.4. The molecule has 3 atom stereocenters. The maximum Gasteiger partial charge on any atom is 0.133 e. The van der Waals surface area contributed by atoms with E-state index in [1.165, 1.54) is 0 Å². The summed E-state index contributed by atoms with van der Waals surface area (Å²) in [5, 5.41) is 9.41. The van der Waals surface area contributed by atoms with Gasteiger partial charge < -0.3 is 25.2 Å². The van der Waals surface area contributed by atoms with Gasteiger partial charge in [-0.2, -0.15) is 0 Å². The number of anilines is 2. The first-order chi connectivity index (χ1) is 9.09. The van der Waals surface area contributed by atoms with Crippen molar-refractivity contribution in [2.24, 2.45) is 0 Å². The van der Waals surface area contributed by atoms with E-state index >= 15 is 0 Å². The van der Waals surface area contributed by atoms with Crippen LogP contribution in [-0.4, -0.2) is 42.6 Å². The van der Waals surface area contributed by atoms with Crippen molar-refractivity contribution < 1.29 is 14.6 Å². The van der Waals surface area contributed by atoms with Crippen molar-refractivity contribution in [1.29, 1.82) is 0 Å². The molecule has 5 heteroatoms. The summed E-state index contributed by atoms with van der Waals surface area (Å²) in [6.45, 7) is 3.63. The minimum Gasteiger partial charge on any atom is -0.484 e. The van der Waals surface area contributed by atoms with Crippen molar-refractivity contribution >= 4 is 11.4 Å². The van der Waals surface area contributed by atoms with Crippen molar-refractivity contribution in [1.82, 2.24) is 0 Å². The summed E-state index contributed by atoms with van der Waals surface area (Å²) in [7, 11) is 0. The molecule has 0 saturated carbocycles. The fourth-order valence-electron chi connectivity index (χ4n) is 3.16. The van der Waals surface area contributed by atoms with Gasteiger partial charge in [0.1, 0.15) is 11.4 Å². The second-order valence-corrected chi connectivity index (χ2v) is 6.00. The van der Waals surface area contributed by atoms with Gasteiger partial charge >= 0.3 is 0 Å². The molecule has 1 aromatic carbocycles. The van der Waals surface area contributed by atoms with E-state index in [-0.39, 0.29) is 6.61 Å². The summed E-state index contributed by atoms with van der Waals surface area (Å²) >= 11 is 0. The predicted molar refractivity (Wildman–Crippen MR) is 71.6 cm³/mol. The highest BCUT2D eigenvalue weighted by molar-refractivity contribution is 5.74. The predicted octanol–water partition coefficient (Wildman–Crippen LogP) is 0.542. The lowest BCUT2D eigenvalue weighted by molar-refractivity contribution is -0.113. The molecule has 4 rings (SSSR count). The number of nitrogens with two attached hydrogens (primary N) is 1. The Labute approximate surface area is 111 Å². The quantitative estimate of drug-likeness (QED) is 0.762. The summed E-state index contributed by atoms with van der Waals surface area (Å²) in [4.78, 5) is 2.28. The Kier molecular flexibility index (Phi) is 2.13. The molecular formula is C14H18N2O3. The first-order valence-corrected chi connectivity index (χ1v) is 6.70. The van der Waals surface area contributed by atoms with E-state index in [1.54, 1.807) is 0 Å². The molecule has 19 heavy (non-hydrogen) atoms. The average Bonchev–Trinajstić information content (AvgIpc) is 2.68. The van der Waals surface area contributed by atoms with Crippen LogP contribution in [0.4, 0.5) is 11.4 Å². The van der Waals surface area contributed by atoms with Gasteiger partial charge in [0.15, 0.2) is 0 Å². The van der Waals surface area contributed by atoms with E-state index in [9.17, 15) is 5.11 Å². The zero-order chi connectivity index (χ0) is 13.2. The highest BCUT2D eigenvalue weighted by Gasteiger charge is 2.48. The standard InChI is InChI=1S/C14H18N2O3/c1-14(7-17)4-8-2-9(15)10(3-12(8)19-14)16-5-13-11(16)6-18-13/h2-3,11,13,17H,4-7,15H2,1H3/t11?,13-,14?/m1/s1. The van der Waals surface area contributed by atoms with E-state index in [0.717, 1.165) is 35.8 Å². The number of morpholine rings is 1. The number of aliphatic hydroxyl groups excluding tert-OH is 1. The SMILES string of the molecule is CC1(CO)Cc2cc(N)c(N3C[C@H]4OCC43)cc2O1. The van der Waals surface area contributed by atoms with Crippen LogP contribution in [0, 0.1) is 0 Å². The monoisotopic (exact) mass is 262 g/mol. The van der Waals surface area contributed by atoms with E-state index in [4.69, 9.17) is 15.2 Å². The van der Waals surface area contributed by atoms with E-state index < -0.39 is 5.60 Å². The lowest BCUT2D eigenvalue weighted by Crippen LogP contribution is -2.71. The van der Waals surface area contributed by atoms with Gasteiger partial charge in [0.25, 0.3) is 0 Å². The molecule has 3 N–H and O–H groups in total. The van der Waals surface area contributed by atoms with Crippen molar-refractivity contribution in [3.8, 4) is 5.75 Å². The van der Waals surface area contributed by atoms with Crippen LogP contribution >= 0.6 is 0 Å². The molecule has 0 aliphatic carbocycles. The minimum absolute atomic E-state index is 0.0131. The molecule has 0 aromatic heterocycles. The average molecular weight is 262 g/mol. The highest BCUT2D eigenvalue weighted by atomic mass is 16.5. The van der Waals surface area contributed by atoms with Crippen molar-refractivity contribution in [2.45, 2.75) is 31.1 Å². The zero-order valence-electron chi connectivity index (χ0n) is 10.9. The third kappa shape index (κ3) is 1.48. The summed E-state index contributed by atoms with van der Waals surface area (Å²) in [5.74, 6) is 0.851. The molecule has 0 spiro atoms. The number of nitrogens with zero attached hydrogens (tertiary/aromatic N) is 1. The number of rotatable bonds is 2. The van der Waals surface area contributed by atoms with Crippen molar-refractivity contribution in [3.05, 3.63) is 17.7 Å². The summed E-state index contributed by atoms with van der Waals surface area (Å²) in [5.41, 5.74) is 8.56. The molecule has 3 aliphatic rings. The lowest BCUT2D eigenvalue weighted by Gasteiger charge is -2.56. The van der Waals surface area contributed by atoms with Gasteiger partial charge in [0.05, 0.1) is 36.7 Å². The van der Waals surface area contributed by atoms with E-state index in [1.807, 2.05) is 19.1 Å². The lowest BCUT2D eigenvalue weighted by atomic mass is 9.92. The number of benzene rings is 1. The van der Waals surface area contributed by atoms with Crippen LogP contribution in [0.15, 0.2) is 12.1 Å². The number of hydrogen-bond acceptors (Lipinski definition) is 5. The van der Waals surface area contributed by atoms with Crippen LogP contribution in [0.5, 0.6) is 5.75 Å². The molecule has 0 bridgehead atoms. The third-order valence-electron chi connectivity index (χ3n) is 4.46. The first-order valence-electron chi connectivity index (χ1n) is 6.70. The van der Waals surface area contributed by atoms with Crippen LogP contribution in [0.1, 0.15) is 12.5 Å². The van der Waals surface area contributed by atoms with E-state index in [2.05, 4.69) is 4.90 Å². The largest absolute Gasteiger partial charge is 0.484 e. The molecule has 1 aromatic rings. The Morgan fingerprint density at radius 1 is 1.53 bits per heavy atom. The van der Waals surface area contributed by atoms with Gasteiger partial charge in [-0.3, -0.25) is 0 Å². The molecule has 0 amide bonds.